The SMILES string of the molecule is C=C[C@@H](CCNC(C)=N)NCc1ccc(-n2cc3cc(-c4cc(CCC[C@@H](N)CF)cc(Cl)c4F)[nH]c3nc2=O)cc1. The fourth-order valence-corrected chi connectivity index (χ4v) is 4.94. The van der Waals surface area contributed by atoms with Crippen molar-refractivity contribution in [1.82, 2.24) is 25.2 Å². The third-order valence-electron chi connectivity index (χ3n) is 7.04. The summed E-state index contributed by atoms with van der Waals surface area (Å²) >= 11 is 6.20. The number of rotatable bonds is 14. The summed E-state index contributed by atoms with van der Waals surface area (Å²) in [4.78, 5) is 20.1. The Morgan fingerprint density at radius 3 is 2.69 bits per heavy atom. The van der Waals surface area contributed by atoms with Gasteiger partial charge in [0.1, 0.15) is 12.3 Å². The third-order valence-corrected chi connectivity index (χ3v) is 7.31. The van der Waals surface area contributed by atoms with Gasteiger partial charge in [-0.15, -0.1) is 6.58 Å². The van der Waals surface area contributed by atoms with Gasteiger partial charge in [-0.05, 0) is 74.1 Å². The van der Waals surface area contributed by atoms with E-state index in [-0.39, 0.29) is 16.6 Å². The van der Waals surface area contributed by atoms with Crippen LogP contribution >= 0.6 is 11.6 Å². The van der Waals surface area contributed by atoms with Crippen LogP contribution in [-0.4, -0.2) is 45.7 Å². The summed E-state index contributed by atoms with van der Waals surface area (Å²) in [6.45, 7) is 6.30. The molecule has 6 N–H and O–H groups in total. The van der Waals surface area contributed by atoms with E-state index >= 15 is 4.39 Å². The summed E-state index contributed by atoms with van der Waals surface area (Å²) in [6.07, 6.45) is 6.05. The van der Waals surface area contributed by atoms with E-state index in [1.165, 1.54) is 4.57 Å². The Morgan fingerprint density at radius 1 is 1.24 bits per heavy atom. The van der Waals surface area contributed by atoms with Crippen LogP contribution < -0.4 is 22.1 Å². The minimum atomic E-state index is -0.581. The number of halogens is 3. The Labute approximate surface area is 248 Å². The molecular weight excluding hydrogens is 560 g/mol. The molecule has 0 spiro atoms. The van der Waals surface area contributed by atoms with Gasteiger partial charge in [-0.3, -0.25) is 9.98 Å². The van der Waals surface area contributed by atoms with Crippen molar-refractivity contribution in [3.05, 3.63) is 93.8 Å². The zero-order chi connectivity index (χ0) is 30.2. The number of amidine groups is 1. The van der Waals surface area contributed by atoms with E-state index in [0.29, 0.717) is 60.6 Å². The summed E-state index contributed by atoms with van der Waals surface area (Å²) in [7, 11) is 0. The lowest BCUT2D eigenvalue weighted by Gasteiger charge is -2.15. The van der Waals surface area contributed by atoms with Crippen molar-refractivity contribution in [3.63, 3.8) is 0 Å². The molecule has 0 radical (unpaired) electrons. The van der Waals surface area contributed by atoms with Gasteiger partial charge in [0.25, 0.3) is 0 Å². The smallest absolute Gasteiger partial charge is 0.354 e. The Hall–Kier alpha value is -3.86. The quantitative estimate of drug-likeness (QED) is 0.0757. The molecule has 42 heavy (non-hydrogen) atoms. The van der Waals surface area contributed by atoms with Crippen molar-refractivity contribution < 1.29 is 8.78 Å². The van der Waals surface area contributed by atoms with Crippen molar-refractivity contribution in [3.8, 4) is 16.9 Å². The standard InChI is InChI=1S/C31H36ClF2N7O/c1-3-24(11-12-37-19(2)35)38-17-20-7-9-25(10-8-20)41-18-22-15-28(39-30(22)40-31(41)42)26-13-21(14-27(32)29(26)34)5-4-6-23(36)16-33/h3,7-10,13-15,18,23-24,38H,1,4-6,11-12,16-17,36H2,2H3,(H2,35,37)(H,39,40,42)/t23-,24+/m1/s1. The third kappa shape index (κ3) is 7.90. The molecule has 0 bridgehead atoms. The van der Waals surface area contributed by atoms with E-state index in [1.807, 2.05) is 30.3 Å². The summed E-state index contributed by atoms with van der Waals surface area (Å²) < 4.78 is 29.2. The number of nitrogens with zero attached hydrogens (tertiary/aromatic N) is 2. The van der Waals surface area contributed by atoms with Crippen molar-refractivity contribution in [2.24, 2.45) is 5.73 Å². The van der Waals surface area contributed by atoms with E-state index in [9.17, 15) is 9.18 Å². The van der Waals surface area contributed by atoms with Crippen LogP contribution in [0.15, 0.2) is 66.1 Å². The molecule has 0 unspecified atom stereocenters. The molecule has 4 aromatic rings. The second-order valence-electron chi connectivity index (χ2n) is 10.4. The first-order chi connectivity index (χ1) is 20.2. The normalized spacial score (nSPS) is 12.8. The second kappa shape index (κ2) is 14.4. The fourth-order valence-electron chi connectivity index (χ4n) is 4.70. The molecule has 2 heterocycles. The topological polar surface area (TPSA) is 125 Å². The van der Waals surface area contributed by atoms with Gasteiger partial charge < -0.3 is 21.4 Å². The van der Waals surface area contributed by atoms with Crippen LogP contribution in [0.25, 0.3) is 28.0 Å². The number of aryl methyl sites for hydroxylation is 1. The number of nitrogens with one attached hydrogen (secondary N) is 4. The van der Waals surface area contributed by atoms with Gasteiger partial charge in [0.2, 0.25) is 0 Å². The van der Waals surface area contributed by atoms with Crippen LogP contribution in [0, 0.1) is 11.2 Å². The van der Waals surface area contributed by atoms with Crippen LogP contribution in [0.5, 0.6) is 0 Å². The lowest BCUT2D eigenvalue weighted by atomic mass is 10.0. The molecule has 4 rings (SSSR count). The second-order valence-corrected chi connectivity index (χ2v) is 10.8. The zero-order valence-corrected chi connectivity index (χ0v) is 24.3. The Morgan fingerprint density at radius 2 is 2.00 bits per heavy atom. The molecular formula is C31H36ClF2N7O. The fraction of sp³-hybridized carbons (Fsp3) is 0.323. The van der Waals surface area contributed by atoms with Gasteiger partial charge in [-0.1, -0.05) is 29.8 Å². The molecule has 0 saturated carbocycles. The predicted molar refractivity (Wildman–Crippen MR) is 166 cm³/mol. The molecule has 11 heteroatoms. The maximum absolute atomic E-state index is 15.1. The van der Waals surface area contributed by atoms with E-state index in [2.05, 4.69) is 27.2 Å². The number of H-pyrrole nitrogens is 1. The molecule has 2 atom stereocenters. The Kier molecular flexibility index (Phi) is 10.6. The highest BCUT2D eigenvalue weighted by Crippen LogP contribution is 2.31. The molecule has 0 amide bonds. The summed E-state index contributed by atoms with van der Waals surface area (Å²) in [6, 6.07) is 12.2. The molecule has 0 aliphatic rings. The molecule has 0 fully saturated rings. The molecule has 0 saturated heterocycles. The molecule has 222 valence electrons. The maximum atomic E-state index is 15.1. The minimum Gasteiger partial charge on any atom is -0.374 e. The average molecular weight is 596 g/mol. The highest BCUT2D eigenvalue weighted by Gasteiger charge is 2.16. The van der Waals surface area contributed by atoms with Crippen LogP contribution in [0.2, 0.25) is 5.02 Å². The number of alkyl halides is 1. The summed E-state index contributed by atoms with van der Waals surface area (Å²) in [5.74, 6) is -0.145. The van der Waals surface area contributed by atoms with Crippen LogP contribution in [0.1, 0.15) is 37.3 Å². The molecule has 0 aliphatic carbocycles. The van der Waals surface area contributed by atoms with Gasteiger partial charge in [-0.2, -0.15) is 4.98 Å². The first kappa shape index (κ1) is 31.1. The number of hydrogen-bond donors (Lipinski definition) is 5. The van der Waals surface area contributed by atoms with Crippen LogP contribution in [0.3, 0.4) is 0 Å². The lowest BCUT2D eigenvalue weighted by Crippen LogP contribution is -2.31. The van der Waals surface area contributed by atoms with Gasteiger partial charge in [0.05, 0.1) is 22.2 Å². The summed E-state index contributed by atoms with van der Waals surface area (Å²) in [5, 5.41) is 14.5. The maximum Gasteiger partial charge on any atom is 0.354 e. The van der Waals surface area contributed by atoms with Crippen LogP contribution in [-0.2, 0) is 13.0 Å². The first-order valence-corrected chi connectivity index (χ1v) is 14.2. The van der Waals surface area contributed by atoms with E-state index in [4.69, 9.17) is 22.7 Å². The van der Waals surface area contributed by atoms with Crippen molar-refractivity contribution >= 4 is 28.5 Å². The minimum absolute atomic E-state index is 0.0180. The van der Waals surface area contributed by atoms with Gasteiger partial charge >= 0.3 is 5.69 Å². The van der Waals surface area contributed by atoms with Gasteiger partial charge in [0.15, 0.2) is 5.82 Å². The Bertz CT molecular complexity index is 1600. The number of nitrogens with two attached hydrogens (primary N) is 1. The number of hydrogen-bond acceptors (Lipinski definition) is 5. The van der Waals surface area contributed by atoms with Crippen molar-refractivity contribution in [2.45, 2.75) is 51.2 Å². The van der Waals surface area contributed by atoms with Crippen molar-refractivity contribution in [1.29, 1.82) is 5.41 Å². The summed E-state index contributed by atoms with van der Waals surface area (Å²) in [5.41, 5.74) is 8.73. The molecule has 0 aliphatic heterocycles. The highest BCUT2D eigenvalue weighted by molar-refractivity contribution is 6.31. The Balaban J connectivity index is 1.50. The number of aromatic nitrogens is 3. The predicted octanol–water partition coefficient (Wildman–Crippen LogP) is 5.41. The molecule has 2 aromatic heterocycles. The van der Waals surface area contributed by atoms with Gasteiger partial charge in [-0.25, -0.2) is 13.6 Å². The molecule has 2 aromatic carbocycles. The van der Waals surface area contributed by atoms with E-state index < -0.39 is 24.2 Å². The first-order valence-electron chi connectivity index (χ1n) is 13.8. The zero-order valence-electron chi connectivity index (χ0n) is 23.5. The average Bonchev–Trinajstić information content (AvgIpc) is 3.38. The molecule has 8 nitrogen and oxygen atoms in total. The lowest BCUT2D eigenvalue weighted by molar-refractivity contribution is 0.407. The van der Waals surface area contributed by atoms with Crippen LogP contribution in [0.4, 0.5) is 8.78 Å². The monoisotopic (exact) mass is 595 g/mol. The van der Waals surface area contributed by atoms with Gasteiger partial charge in [0, 0.05) is 42.3 Å². The number of aromatic amines is 1. The number of benzene rings is 2. The van der Waals surface area contributed by atoms with E-state index in [0.717, 1.165) is 17.5 Å². The number of fused-ring (bicyclic) bond motifs is 1. The largest absolute Gasteiger partial charge is 0.374 e. The van der Waals surface area contributed by atoms with Crippen molar-refractivity contribution in [2.75, 3.05) is 13.2 Å². The van der Waals surface area contributed by atoms with E-state index in [1.54, 1.807) is 31.3 Å². The highest BCUT2D eigenvalue weighted by atomic mass is 35.5.